The summed E-state index contributed by atoms with van der Waals surface area (Å²) in [6, 6.07) is 13.1. The smallest absolute Gasteiger partial charge is 0.366 e. The molecule has 28 heavy (non-hydrogen) atoms. The van der Waals surface area contributed by atoms with E-state index in [2.05, 4.69) is 0 Å². The van der Waals surface area contributed by atoms with Crippen LogP contribution in [0.3, 0.4) is 0 Å². The summed E-state index contributed by atoms with van der Waals surface area (Å²) in [4.78, 5) is 23.9. The molecule has 6 nitrogen and oxygen atoms in total. The van der Waals surface area contributed by atoms with Crippen molar-refractivity contribution in [2.75, 3.05) is 6.61 Å². The van der Waals surface area contributed by atoms with Crippen LogP contribution in [0, 0.1) is 5.82 Å². The fourth-order valence-corrected chi connectivity index (χ4v) is 2.90. The first kappa shape index (κ1) is 19.9. The molecular weight excluding hydrogens is 387 g/mol. The molecule has 0 spiro atoms. The molecule has 2 aromatic carbocycles. The summed E-state index contributed by atoms with van der Waals surface area (Å²) in [5.41, 5.74) is 1.07. The maximum absolute atomic E-state index is 13.7. The zero-order chi connectivity index (χ0) is 20.3. The van der Waals surface area contributed by atoms with Gasteiger partial charge in [-0.05, 0) is 35.7 Å². The van der Waals surface area contributed by atoms with Crippen molar-refractivity contribution in [1.82, 2.24) is 9.30 Å². The monoisotopic (exact) mass is 404 g/mol. The van der Waals surface area contributed by atoms with Crippen LogP contribution in [0.25, 0.3) is 11.1 Å². The van der Waals surface area contributed by atoms with Crippen molar-refractivity contribution in [2.24, 2.45) is 0 Å². The number of aromatic nitrogens is 2. The topological polar surface area (TPSA) is 73.5 Å². The Balaban J connectivity index is 1.91. The standard InChI is InChI=1S/C20H18ClFN2O4/c1-2-28-12-23-16(11-19(25)24(27)20(23)26)9-13-3-5-14(6-4-13)15-7-8-17(21)18(22)10-15/h3-8,10-11,27H,2,9,12H2,1H3. The van der Waals surface area contributed by atoms with Crippen molar-refractivity contribution in [3.05, 3.63) is 91.5 Å². The molecule has 0 fully saturated rings. The molecule has 0 aliphatic heterocycles. The lowest BCUT2D eigenvalue weighted by atomic mass is 10.0. The number of ether oxygens (including phenoxy) is 1. The second-order valence-corrected chi connectivity index (χ2v) is 6.53. The summed E-state index contributed by atoms with van der Waals surface area (Å²) >= 11 is 5.71. The third-order valence-electron chi connectivity index (χ3n) is 4.27. The van der Waals surface area contributed by atoms with Crippen molar-refractivity contribution >= 4 is 11.6 Å². The fraction of sp³-hybridized carbons (Fsp3) is 0.200. The molecule has 3 aromatic rings. The zero-order valence-electron chi connectivity index (χ0n) is 15.1. The van der Waals surface area contributed by atoms with Gasteiger partial charge in [0.2, 0.25) is 0 Å². The van der Waals surface area contributed by atoms with Gasteiger partial charge in [0.1, 0.15) is 12.5 Å². The number of hydrogen-bond acceptors (Lipinski definition) is 4. The Morgan fingerprint density at radius 1 is 1.07 bits per heavy atom. The molecule has 0 saturated heterocycles. The van der Waals surface area contributed by atoms with E-state index >= 15 is 0 Å². The molecule has 146 valence electrons. The lowest BCUT2D eigenvalue weighted by Gasteiger charge is -2.13. The number of rotatable bonds is 6. The largest absolute Gasteiger partial charge is 0.421 e. The Bertz CT molecular complexity index is 1110. The Morgan fingerprint density at radius 3 is 2.39 bits per heavy atom. The molecule has 0 atom stereocenters. The summed E-state index contributed by atoms with van der Waals surface area (Å²) in [6.45, 7) is 2.08. The van der Waals surface area contributed by atoms with Crippen molar-refractivity contribution < 1.29 is 14.3 Å². The van der Waals surface area contributed by atoms with E-state index < -0.39 is 17.1 Å². The number of nitrogens with zero attached hydrogens (tertiary/aromatic N) is 2. The van der Waals surface area contributed by atoms with Crippen LogP contribution in [0.1, 0.15) is 18.2 Å². The quantitative estimate of drug-likeness (QED) is 0.640. The van der Waals surface area contributed by atoms with Crippen LogP contribution in [0.5, 0.6) is 0 Å². The van der Waals surface area contributed by atoms with Crippen molar-refractivity contribution in [3.63, 3.8) is 0 Å². The second kappa shape index (κ2) is 8.41. The molecule has 0 aliphatic carbocycles. The molecule has 1 N–H and O–H groups in total. The first-order chi connectivity index (χ1) is 13.4. The highest BCUT2D eigenvalue weighted by Gasteiger charge is 2.12. The fourth-order valence-electron chi connectivity index (χ4n) is 2.78. The average molecular weight is 405 g/mol. The van der Waals surface area contributed by atoms with Gasteiger partial charge in [-0.2, -0.15) is 0 Å². The van der Waals surface area contributed by atoms with Gasteiger partial charge in [-0.25, -0.2) is 9.18 Å². The number of hydrogen-bond donors (Lipinski definition) is 1. The first-order valence-electron chi connectivity index (χ1n) is 8.58. The van der Waals surface area contributed by atoms with E-state index in [0.29, 0.717) is 17.9 Å². The predicted octanol–water partition coefficient (Wildman–Crippen LogP) is 3.29. The van der Waals surface area contributed by atoms with Gasteiger partial charge in [-0.15, -0.1) is 0 Å². The minimum atomic E-state index is -0.857. The summed E-state index contributed by atoms with van der Waals surface area (Å²) in [5.74, 6) is -0.493. The van der Waals surface area contributed by atoms with Crippen LogP contribution in [0.4, 0.5) is 4.39 Å². The summed E-state index contributed by atoms with van der Waals surface area (Å²) < 4.78 is 20.2. The van der Waals surface area contributed by atoms with E-state index in [1.54, 1.807) is 13.0 Å². The summed E-state index contributed by atoms with van der Waals surface area (Å²) in [6.07, 6.45) is 0.285. The number of benzene rings is 2. The van der Waals surface area contributed by atoms with Gasteiger partial charge in [0.05, 0.1) is 5.02 Å². The van der Waals surface area contributed by atoms with E-state index in [-0.39, 0.29) is 22.9 Å². The SMILES string of the molecule is CCOCn1c(Cc2ccc(-c3ccc(Cl)c(F)c3)cc2)cc(=O)n(O)c1=O. The maximum Gasteiger partial charge on any atom is 0.366 e. The van der Waals surface area contributed by atoms with Crippen LogP contribution < -0.4 is 11.2 Å². The molecular formula is C20H18ClFN2O4. The van der Waals surface area contributed by atoms with Crippen molar-refractivity contribution in [2.45, 2.75) is 20.1 Å². The van der Waals surface area contributed by atoms with Crippen LogP contribution in [-0.4, -0.2) is 21.1 Å². The van der Waals surface area contributed by atoms with Gasteiger partial charge in [-0.3, -0.25) is 9.36 Å². The van der Waals surface area contributed by atoms with E-state index in [1.807, 2.05) is 24.3 Å². The Labute approximate surface area is 165 Å². The molecule has 3 rings (SSSR count). The maximum atomic E-state index is 13.7. The molecule has 1 heterocycles. The minimum absolute atomic E-state index is 0.0562. The third-order valence-corrected chi connectivity index (χ3v) is 4.58. The highest BCUT2D eigenvalue weighted by Crippen LogP contribution is 2.25. The van der Waals surface area contributed by atoms with E-state index in [4.69, 9.17) is 16.3 Å². The molecule has 0 amide bonds. The van der Waals surface area contributed by atoms with E-state index in [9.17, 15) is 19.2 Å². The van der Waals surface area contributed by atoms with E-state index in [1.165, 1.54) is 22.8 Å². The molecule has 0 unspecified atom stereocenters. The first-order valence-corrected chi connectivity index (χ1v) is 8.95. The predicted molar refractivity (Wildman–Crippen MR) is 103 cm³/mol. The summed E-state index contributed by atoms with van der Waals surface area (Å²) in [7, 11) is 0. The molecule has 1 aromatic heterocycles. The van der Waals surface area contributed by atoms with Gasteiger partial charge in [0, 0.05) is 24.8 Å². The lowest BCUT2D eigenvalue weighted by molar-refractivity contribution is 0.0705. The van der Waals surface area contributed by atoms with Gasteiger partial charge in [0.15, 0.2) is 0 Å². The Kier molecular flexibility index (Phi) is 5.96. The van der Waals surface area contributed by atoms with Gasteiger partial charge in [0.25, 0.3) is 5.56 Å². The van der Waals surface area contributed by atoms with Gasteiger partial charge >= 0.3 is 5.69 Å². The molecule has 0 radical (unpaired) electrons. The molecule has 8 heteroatoms. The van der Waals surface area contributed by atoms with Crippen LogP contribution in [-0.2, 0) is 17.9 Å². The van der Waals surface area contributed by atoms with Crippen LogP contribution >= 0.6 is 11.6 Å². The van der Waals surface area contributed by atoms with Crippen molar-refractivity contribution in [3.8, 4) is 11.1 Å². The molecule has 0 aliphatic rings. The normalized spacial score (nSPS) is 11.0. The Morgan fingerprint density at radius 2 is 1.75 bits per heavy atom. The second-order valence-electron chi connectivity index (χ2n) is 6.12. The summed E-state index contributed by atoms with van der Waals surface area (Å²) in [5, 5.41) is 9.62. The highest BCUT2D eigenvalue weighted by molar-refractivity contribution is 6.30. The molecule has 0 saturated carbocycles. The van der Waals surface area contributed by atoms with Gasteiger partial charge < -0.3 is 9.94 Å². The van der Waals surface area contributed by atoms with Crippen LogP contribution in [0.2, 0.25) is 5.02 Å². The lowest BCUT2D eigenvalue weighted by Crippen LogP contribution is -2.40. The van der Waals surface area contributed by atoms with Crippen LogP contribution in [0.15, 0.2) is 58.1 Å². The third kappa shape index (κ3) is 4.16. The molecule has 0 bridgehead atoms. The number of halogens is 2. The average Bonchev–Trinajstić information content (AvgIpc) is 2.69. The van der Waals surface area contributed by atoms with E-state index in [0.717, 1.165) is 11.1 Å². The minimum Gasteiger partial charge on any atom is -0.421 e. The van der Waals surface area contributed by atoms with Crippen molar-refractivity contribution in [1.29, 1.82) is 0 Å². The highest BCUT2D eigenvalue weighted by atomic mass is 35.5. The van der Waals surface area contributed by atoms with Gasteiger partial charge in [-0.1, -0.05) is 46.7 Å². The Hall–Kier alpha value is -2.90. The zero-order valence-corrected chi connectivity index (χ0v) is 15.8.